The van der Waals surface area contributed by atoms with E-state index in [4.69, 9.17) is 9.79 Å². The second-order valence-electron chi connectivity index (χ2n) is 12.2. The highest BCUT2D eigenvalue weighted by atomic mass is 32.2. The van der Waals surface area contributed by atoms with Crippen molar-refractivity contribution in [2.45, 2.75) is 89.4 Å². The van der Waals surface area contributed by atoms with E-state index in [1.165, 1.54) is 11.8 Å². The zero-order valence-corrected chi connectivity index (χ0v) is 25.2. The second-order valence-corrected chi connectivity index (χ2v) is 15.0. The first-order chi connectivity index (χ1) is 17.6. The number of fused-ring (bicyclic) bond motifs is 1. The number of para-hydroxylation sites is 1. The van der Waals surface area contributed by atoms with Crippen molar-refractivity contribution < 1.29 is 24.3 Å². The average molecular weight is 560 g/mol. The first-order valence-electron chi connectivity index (χ1n) is 13.3. The SMILES string of the molecule is CC(C)(C)c1cc(C=C2Sc3ccccc3N(CCCCCCCP(=O)(O)O)C2=O)cc(C(C)(C)C)c1O. The van der Waals surface area contributed by atoms with Crippen molar-refractivity contribution in [2.24, 2.45) is 0 Å². The van der Waals surface area contributed by atoms with E-state index in [1.54, 1.807) is 0 Å². The Kier molecular flexibility index (Phi) is 9.63. The highest BCUT2D eigenvalue weighted by Gasteiger charge is 2.30. The van der Waals surface area contributed by atoms with E-state index in [-0.39, 0.29) is 22.9 Å². The largest absolute Gasteiger partial charge is 0.507 e. The van der Waals surface area contributed by atoms with Crippen LogP contribution >= 0.6 is 19.4 Å². The van der Waals surface area contributed by atoms with Gasteiger partial charge in [0.05, 0.1) is 10.6 Å². The fourth-order valence-corrected chi connectivity index (χ4v) is 6.33. The van der Waals surface area contributed by atoms with Gasteiger partial charge in [-0.3, -0.25) is 9.36 Å². The summed E-state index contributed by atoms with van der Waals surface area (Å²) < 4.78 is 11.0. The van der Waals surface area contributed by atoms with Gasteiger partial charge in [-0.25, -0.2) is 0 Å². The van der Waals surface area contributed by atoms with Crippen LogP contribution in [-0.2, 0) is 20.2 Å². The number of phenolic OH excluding ortho intramolecular Hbond substituents is 1. The van der Waals surface area contributed by atoms with E-state index < -0.39 is 7.60 Å². The molecule has 0 radical (unpaired) electrons. The molecule has 2 aromatic rings. The number of thioether (sulfide) groups is 1. The number of hydrogen-bond acceptors (Lipinski definition) is 4. The number of nitrogens with zero attached hydrogens (tertiary/aromatic N) is 1. The molecular weight excluding hydrogens is 517 g/mol. The zero-order chi connectivity index (χ0) is 28.3. The number of rotatable bonds is 9. The number of benzene rings is 2. The Bertz CT molecular complexity index is 1200. The van der Waals surface area contributed by atoms with Gasteiger partial charge >= 0.3 is 7.60 Å². The number of anilines is 1. The molecule has 0 atom stereocenters. The standard InChI is InChI=1S/C30H42NO5PS/c1-29(2,3)22-18-21(19-23(27(22)32)30(4,5)6)20-26-28(33)31(24-14-10-11-15-25(24)38-26)16-12-8-7-9-13-17-37(34,35)36/h10-11,14-15,18-20,32H,7-9,12-13,16-17H2,1-6H3,(H2,34,35,36). The number of carbonyl (C=O) groups excluding carboxylic acids is 1. The van der Waals surface area contributed by atoms with Crippen LogP contribution in [0.5, 0.6) is 5.75 Å². The summed E-state index contributed by atoms with van der Waals surface area (Å²) >= 11 is 1.48. The molecule has 1 aliphatic rings. The van der Waals surface area contributed by atoms with E-state index in [2.05, 4.69) is 41.5 Å². The number of carbonyl (C=O) groups is 1. The number of unbranched alkanes of at least 4 members (excludes halogenated alkanes) is 4. The van der Waals surface area contributed by atoms with Gasteiger partial charge in [0, 0.05) is 28.7 Å². The predicted molar refractivity (Wildman–Crippen MR) is 158 cm³/mol. The van der Waals surface area contributed by atoms with Crippen LogP contribution in [0.2, 0.25) is 0 Å². The number of phenols is 1. The van der Waals surface area contributed by atoms with E-state index in [9.17, 15) is 14.5 Å². The summed E-state index contributed by atoms with van der Waals surface area (Å²) in [5.74, 6) is 0.292. The molecule has 6 nitrogen and oxygen atoms in total. The minimum Gasteiger partial charge on any atom is -0.507 e. The third-order valence-electron chi connectivity index (χ3n) is 6.71. The molecule has 0 spiro atoms. The lowest BCUT2D eigenvalue weighted by atomic mass is 9.78. The fourth-order valence-electron chi connectivity index (χ4n) is 4.64. The Morgan fingerprint density at radius 3 is 2.03 bits per heavy atom. The predicted octanol–water partition coefficient (Wildman–Crippen LogP) is 7.60. The minimum absolute atomic E-state index is 0.0297. The van der Waals surface area contributed by atoms with Crippen molar-refractivity contribution in [1.29, 1.82) is 0 Å². The van der Waals surface area contributed by atoms with Crippen LogP contribution in [0.3, 0.4) is 0 Å². The van der Waals surface area contributed by atoms with Crippen molar-refractivity contribution in [3.05, 3.63) is 58.0 Å². The molecule has 0 saturated heterocycles. The molecule has 3 N–H and O–H groups in total. The first-order valence-corrected chi connectivity index (χ1v) is 15.9. The first kappa shape index (κ1) is 30.5. The van der Waals surface area contributed by atoms with Gasteiger partial charge in [-0.05, 0) is 59.6 Å². The molecular formula is C30H42NO5PS. The molecule has 208 valence electrons. The summed E-state index contributed by atoms with van der Waals surface area (Å²) in [6.07, 6.45) is 5.74. The van der Waals surface area contributed by atoms with Crippen molar-refractivity contribution >= 4 is 37.0 Å². The van der Waals surface area contributed by atoms with E-state index in [1.807, 2.05) is 47.4 Å². The Labute approximate surface area is 231 Å². The van der Waals surface area contributed by atoms with Crippen LogP contribution in [0.25, 0.3) is 6.08 Å². The molecule has 0 saturated carbocycles. The summed E-state index contributed by atoms with van der Waals surface area (Å²) in [5.41, 5.74) is 3.02. The normalized spacial score (nSPS) is 15.7. The van der Waals surface area contributed by atoms with Crippen LogP contribution in [0.15, 0.2) is 46.2 Å². The number of aromatic hydroxyl groups is 1. The Balaban J connectivity index is 1.85. The maximum atomic E-state index is 13.7. The van der Waals surface area contributed by atoms with Crippen LogP contribution in [-0.4, -0.2) is 33.5 Å². The highest BCUT2D eigenvalue weighted by Crippen LogP contribution is 2.44. The van der Waals surface area contributed by atoms with Gasteiger partial charge in [-0.15, -0.1) is 0 Å². The third kappa shape index (κ3) is 7.98. The summed E-state index contributed by atoms with van der Waals surface area (Å²) in [7, 11) is -3.93. The van der Waals surface area contributed by atoms with Crippen molar-refractivity contribution in [3.8, 4) is 5.75 Å². The Morgan fingerprint density at radius 2 is 1.45 bits per heavy atom. The minimum atomic E-state index is -3.93. The van der Waals surface area contributed by atoms with Gasteiger partial charge in [-0.2, -0.15) is 0 Å². The molecule has 3 rings (SSSR count). The fraction of sp³-hybridized carbons (Fsp3) is 0.500. The quantitative estimate of drug-likeness (QED) is 0.166. The molecule has 38 heavy (non-hydrogen) atoms. The van der Waals surface area contributed by atoms with Crippen LogP contribution in [0.4, 0.5) is 5.69 Å². The monoisotopic (exact) mass is 559 g/mol. The Hall–Kier alpha value is -2.05. The molecule has 0 aromatic heterocycles. The van der Waals surface area contributed by atoms with Crippen molar-refractivity contribution in [3.63, 3.8) is 0 Å². The van der Waals surface area contributed by atoms with Gasteiger partial charge in [0.2, 0.25) is 0 Å². The summed E-state index contributed by atoms with van der Waals surface area (Å²) in [6, 6.07) is 11.9. The van der Waals surface area contributed by atoms with E-state index in [0.717, 1.165) is 53.0 Å². The topological polar surface area (TPSA) is 98.1 Å². The zero-order valence-electron chi connectivity index (χ0n) is 23.5. The molecule has 1 aliphatic heterocycles. The van der Waals surface area contributed by atoms with Crippen molar-refractivity contribution in [2.75, 3.05) is 17.6 Å². The second kappa shape index (κ2) is 12.0. The Morgan fingerprint density at radius 1 is 0.895 bits per heavy atom. The van der Waals surface area contributed by atoms with Gasteiger partial charge in [0.1, 0.15) is 5.75 Å². The smallest absolute Gasteiger partial charge is 0.325 e. The molecule has 1 amide bonds. The summed E-state index contributed by atoms with van der Waals surface area (Å²) in [5, 5.41) is 11.1. The van der Waals surface area contributed by atoms with Crippen LogP contribution in [0.1, 0.15) is 90.3 Å². The third-order valence-corrected chi connectivity index (χ3v) is 8.69. The molecule has 0 aliphatic carbocycles. The average Bonchev–Trinajstić information content (AvgIpc) is 2.79. The van der Waals surface area contributed by atoms with Gasteiger partial charge in [0.25, 0.3) is 5.91 Å². The molecule has 8 heteroatoms. The molecule has 2 aromatic carbocycles. The molecule has 0 fully saturated rings. The lowest BCUT2D eigenvalue weighted by Crippen LogP contribution is -2.35. The van der Waals surface area contributed by atoms with Gasteiger partial charge in [0.15, 0.2) is 0 Å². The lowest BCUT2D eigenvalue weighted by molar-refractivity contribution is -0.114. The summed E-state index contributed by atoms with van der Waals surface area (Å²) in [4.78, 5) is 35.3. The molecule has 1 heterocycles. The summed E-state index contributed by atoms with van der Waals surface area (Å²) in [6.45, 7) is 13.1. The molecule has 0 unspecified atom stereocenters. The van der Waals surface area contributed by atoms with Gasteiger partial charge < -0.3 is 19.8 Å². The molecule has 0 bridgehead atoms. The highest BCUT2D eigenvalue weighted by molar-refractivity contribution is 8.04. The van der Waals surface area contributed by atoms with Crippen molar-refractivity contribution in [1.82, 2.24) is 0 Å². The van der Waals surface area contributed by atoms with Crippen LogP contribution in [0, 0.1) is 0 Å². The number of hydrogen-bond donors (Lipinski definition) is 3. The maximum Gasteiger partial charge on any atom is 0.325 e. The maximum absolute atomic E-state index is 13.7. The van der Waals surface area contributed by atoms with E-state index in [0.29, 0.717) is 23.6 Å². The van der Waals surface area contributed by atoms with Crippen LogP contribution < -0.4 is 4.90 Å². The van der Waals surface area contributed by atoms with Gasteiger partial charge in [-0.1, -0.05) is 84.7 Å². The lowest BCUT2D eigenvalue weighted by Gasteiger charge is -2.31. The van der Waals surface area contributed by atoms with E-state index >= 15 is 0 Å². The number of amides is 1.